The highest BCUT2D eigenvalue weighted by Crippen LogP contribution is 2.25. The summed E-state index contributed by atoms with van der Waals surface area (Å²) in [5, 5.41) is 15.3. The molecule has 0 bridgehead atoms. The Morgan fingerprint density at radius 2 is 2.04 bits per heavy atom. The molecule has 0 radical (unpaired) electrons. The molecule has 27 heavy (non-hydrogen) atoms. The number of ether oxygens (including phenoxy) is 1. The molecule has 2 aromatic rings. The normalized spacial score (nSPS) is 19.4. The van der Waals surface area contributed by atoms with Crippen LogP contribution >= 0.6 is 0 Å². The van der Waals surface area contributed by atoms with Crippen molar-refractivity contribution in [2.75, 3.05) is 13.1 Å². The molecule has 1 saturated heterocycles. The number of carbonyl (C=O) groups excluding carboxylic acids is 1. The summed E-state index contributed by atoms with van der Waals surface area (Å²) in [6, 6.07) is 15.7. The van der Waals surface area contributed by atoms with Gasteiger partial charge in [-0.2, -0.15) is 0 Å². The van der Waals surface area contributed by atoms with E-state index in [9.17, 15) is 18.7 Å². The number of rotatable bonds is 7. The van der Waals surface area contributed by atoms with Crippen LogP contribution in [0.2, 0.25) is 0 Å². The second-order valence-corrected chi connectivity index (χ2v) is 6.60. The number of carbonyl (C=O) groups is 1. The number of halogens is 2. The zero-order valence-corrected chi connectivity index (χ0v) is 14.7. The fraction of sp³-hybridized carbons (Fsp3) is 0.350. The van der Waals surface area contributed by atoms with Crippen LogP contribution < -0.4 is 15.4 Å². The van der Waals surface area contributed by atoms with Gasteiger partial charge in [0.25, 0.3) is 5.92 Å². The number of aliphatic hydroxyl groups excluding tert-OH is 1. The van der Waals surface area contributed by atoms with Gasteiger partial charge in [-0.25, -0.2) is 8.78 Å². The van der Waals surface area contributed by atoms with Gasteiger partial charge in [-0.3, -0.25) is 10.1 Å². The summed E-state index contributed by atoms with van der Waals surface area (Å²) in [5.74, 6) is -2.81. The summed E-state index contributed by atoms with van der Waals surface area (Å²) in [5.41, 5.74) is 1.60. The van der Waals surface area contributed by atoms with Crippen molar-refractivity contribution in [3.8, 4) is 5.75 Å². The minimum atomic E-state index is -2.87. The van der Waals surface area contributed by atoms with Crippen LogP contribution in [-0.2, 0) is 11.4 Å². The highest BCUT2D eigenvalue weighted by atomic mass is 19.3. The van der Waals surface area contributed by atoms with Crippen LogP contribution in [0.15, 0.2) is 54.6 Å². The van der Waals surface area contributed by atoms with Crippen molar-refractivity contribution < 1.29 is 23.4 Å². The molecule has 1 aliphatic rings. The predicted molar refractivity (Wildman–Crippen MR) is 96.5 cm³/mol. The summed E-state index contributed by atoms with van der Waals surface area (Å²) >= 11 is 0. The van der Waals surface area contributed by atoms with Crippen LogP contribution in [0.1, 0.15) is 23.7 Å². The molecule has 2 atom stereocenters. The van der Waals surface area contributed by atoms with Crippen LogP contribution in [0.3, 0.4) is 0 Å². The van der Waals surface area contributed by atoms with Gasteiger partial charge in [0.1, 0.15) is 12.4 Å². The second-order valence-electron chi connectivity index (χ2n) is 6.60. The number of aliphatic hydroxyl groups is 1. The molecular weight excluding hydrogens is 354 g/mol. The topological polar surface area (TPSA) is 70.6 Å². The van der Waals surface area contributed by atoms with E-state index in [1.807, 2.05) is 30.3 Å². The fourth-order valence-corrected chi connectivity index (χ4v) is 2.89. The predicted octanol–water partition coefficient (Wildman–Crippen LogP) is 2.41. The first-order valence-electron chi connectivity index (χ1n) is 8.77. The van der Waals surface area contributed by atoms with E-state index < -0.39 is 36.9 Å². The molecule has 3 rings (SSSR count). The quantitative estimate of drug-likeness (QED) is 0.694. The van der Waals surface area contributed by atoms with Crippen LogP contribution in [0.4, 0.5) is 8.78 Å². The first-order valence-corrected chi connectivity index (χ1v) is 8.77. The lowest BCUT2D eigenvalue weighted by Gasteiger charge is -2.16. The lowest BCUT2D eigenvalue weighted by atomic mass is 10.1. The van der Waals surface area contributed by atoms with Crippen LogP contribution in [0.25, 0.3) is 0 Å². The summed E-state index contributed by atoms with van der Waals surface area (Å²) in [7, 11) is 0. The molecule has 1 aliphatic heterocycles. The molecule has 144 valence electrons. The summed E-state index contributed by atoms with van der Waals surface area (Å²) in [6.45, 7) is -0.169. The molecular formula is C20H22F2N2O3. The average Bonchev–Trinajstić information content (AvgIpc) is 3.05. The molecule has 1 amide bonds. The minimum Gasteiger partial charge on any atom is -0.489 e. The maximum absolute atomic E-state index is 13.2. The molecule has 0 aliphatic carbocycles. The van der Waals surface area contributed by atoms with Crippen molar-refractivity contribution in [1.29, 1.82) is 0 Å². The number of benzene rings is 2. The lowest BCUT2D eigenvalue weighted by Crippen LogP contribution is -2.41. The van der Waals surface area contributed by atoms with Crippen LogP contribution in [0.5, 0.6) is 5.75 Å². The van der Waals surface area contributed by atoms with E-state index in [1.54, 1.807) is 24.3 Å². The van der Waals surface area contributed by atoms with Gasteiger partial charge >= 0.3 is 0 Å². The van der Waals surface area contributed by atoms with Crippen molar-refractivity contribution in [2.24, 2.45) is 0 Å². The number of nitrogens with one attached hydrogen (secondary N) is 2. The average molecular weight is 376 g/mol. The Balaban J connectivity index is 1.51. The maximum Gasteiger partial charge on any atom is 0.262 e. The Morgan fingerprint density at radius 1 is 1.26 bits per heavy atom. The number of hydrogen-bond acceptors (Lipinski definition) is 4. The lowest BCUT2D eigenvalue weighted by molar-refractivity contribution is -0.123. The molecule has 7 heteroatoms. The standard InChI is InChI=1S/C20H22F2N2O3/c21-20(22)10-17(24-13-20)19(26)23-11-18(25)15-7-4-8-16(9-15)27-12-14-5-2-1-3-6-14/h1-9,17-18,24-25H,10-13H2,(H,23,26). The second kappa shape index (κ2) is 8.45. The Morgan fingerprint density at radius 3 is 2.74 bits per heavy atom. The van der Waals surface area contributed by atoms with E-state index in [2.05, 4.69) is 10.6 Å². The van der Waals surface area contributed by atoms with E-state index in [0.717, 1.165) is 5.56 Å². The van der Waals surface area contributed by atoms with Crippen LogP contribution in [-0.4, -0.2) is 36.1 Å². The molecule has 1 fully saturated rings. The zero-order chi connectivity index (χ0) is 19.3. The molecule has 1 heterocycles. The van der Waals surface area contributed by atoms with Gasteiger partial charge in [-0.15, -0.1) is 0 Å². The Bertz CT molecular complexity index is 771. The Kier molecular flexibility index (Phi) is 6.03. The number of hydrogen-bond donors (Lipinski definition) is 3. The van der Waals surface area contributed by atoms with E-state index in [1.165, 1.54) is 0 Å². The van der Waals surface area contributed by atoms with Gasteiger partial charge in [0, 0.05) is 13.0 Å². The number of alkyl halides is 2. The van der Waals surface area contributed by atoms with Crippen molar-refractivity contribution >= 4 is 5.91 Å². The third-order valence-electron chi connectivity index (χ3n) is 4.39. The maximum atomic E-state index is 13.2. The van der Waals surface area contributed by atoms with E-state index in [-0.39, 0.29) is 6.54 Å². The third-order valence-corrected chi connectivity index (χ3v) is 4.39. The molecule has 0 spiro atoms. The summed E-state index contributed by atoms with van der Waals surface area (Å²) in [4.78, 5) is 12.0. The molecule has 3 N–H and O–H groups in total. The van der Waals surface area contributed by atoms with Gasteiger partial charge in [-0.1, -0.05) is 42.5 Å². The van der Waals surface area contributed by atoms with Crippen molar-refractivity contribution in [3.05, 3.63) is 65.7 Å². The highest BCUT2D eigenvalue weighted by Gasteiger charge is 2.42. The van der Waals surface area contributed by atoms with Gasteiger partial charge in [-0.05, 0) is 23.3 Å². The van der Waals surface area contributed by atoms with Crippen molar-refractivity contribution in [2.45, 2.75) is 31.1 Å². The highest BCUT2D eigenvalue weighted by molar-refractivity contribution is 5.82. The van der Waals surface area contributed by atoms with E-state index in [4.69, 9.17) is 4.74 Å². The van der Waals surface area contributed by atoms with Gasteiger partial charge in [0.05, 0.1) is 18.7 Å². The van der Waals surface area contributed by atoms with Gasteiger partial charge in [0.15, 0.2) is 0 Å². The summed E-state index contributed by atoms with van der Waals surface area (Å²) < 4.78 is 32.0. The van der Waals surface area contributed by atoms with Crippen molar-refractivity contribution in [1.82, 2.24) is 10.6 Å². The minimum absolute atomic E-state index is 0.0648. The van der Waals surface area contributed by atoms with Gasteiger partial charge < -0.3 is 15.2 Å². The fourth-order valence-electron chi connectivity index (χ4n) is 2.89. The Labute approximate surface area is 156 Å². The third kappa shape index (κ3) is 5.48. The van der Waals surface area contributed by atoms with E-state index >= 15 is 0 Å². The van der Waals surface area contributed by atoms with Crippen molar-refractivity contribution in [3.63, 3.8) is 0 Å². The van der Waals surface area contributed by atoms with E-state index in [0.29, 0.717) is 17.9 Å². The largest absolute Gasteiger partial charge is 0.489 e. The first kappa shape index (κ1) is 19.3. The summed E-state index contributed by atoms with van der Waals surface area (Å²) in [6.07, 6.45) is -1.49. The molecule has 0 aromatic heterocycles. The SMILES string of the molecule is O=C(NCC(O)c1cccc(OCc2ccccc2)c1)C1CC(F)(F)CN1. The first-order chi connectivity index (χ1) is 12.9. The monoisotopic (exact) mass is 376 g/mol. The molecule has 2 aromatic carbocycles. The zero-order valence-electron chi connectivity index (χ0n) is 14.7. The molecule has 2 unspecified atom stereocenters. The number of amides is 1. The van der Waals surface area contributed by atoms with Crippen LogP contribution in [0, 0.1) is 0 Å². The molecule has 5 nitrogen and oxygen atoms in total. The Hall–Kier alpha value is -2.51. The molecule has 0 saturated carbocycles. The smallest absolute Gasteiger partial charge is 0.262 e. The van der Waals surface area contributed by atoms with Gasteiger partial charge in [0.2, 0.25) is 5.91 Å².